The minimum atomic E-state index is -1.18. The first-order chi connectivity index (χ1) is 9.69. The standard InChI is InChI=1S/C15H17FO4/c1-18-15-13(16)9-12(20-15)10-19-14(17)8-7-11-5-3-2-4-6-11/h2-8,12-13,15H,9-10H2,1H3/b8-7+/t12-,13-,15?/m0/s1. The number of carbonyl (C=O) groups is 1. The summed E-state index contributed by atoms with van der Waals surface area (Å²) in [5.74, 6) is -0.478. The molecule has 108 valence electrons. The summed E-state index contributed by atoms with van der Waals surface area (Å²) in [6.07, 6.45) is 0.679. The van der Waals surface area contributed by atoms with E-state index in [0.29, 0.717) is 0 Å². The number of benzene rings is 1. The summed E-state index contributed by atoms with van der Waals surface area (Å²) in [7, 11) is 1.38. The highest BCUT2D eigenvalue weighted by Crippen LogP contribution is 2.23. The Labute approximate surface area is 117 Å². The van der Waals surface area contributed by atoms with Gasteiger partial charge in [0.25, 0.3) is 0 Å². The van der Waals surface area contributed by atoms with E-state index < -0.39 is 24.5 Å². The molecular formula is C15H17FO4. The van der Waals surface area contributed by atoms with E-state index in [9.17, 15) is 9.18 Å². The molecule has 1 aromatic rings. The second-order valence-corrected chi connectivity index (χ2v) is 4.49. The van der Waals surface area contributed by atoms with Crippen LogP contribution in [0, 0.1) is 0 Å². The van der Waals surface area contributed by atoms with Crippen molar-refractivity contribution in [1.82, 2.24) is 0 Å². The lowest BCUT2D eigenvalue weighted by atomic mass is 10.2. The number of hydrogen-bond acceptors (Lipinski definition) is 4. The van der Waals surface area contributed by atoms with Gasteiger partial charge in [0.2, 0.25) is 0 Å². The first-order valence-corrected chi connectivity index (χ1v) is 6.41. The molecule has 0 radical (unpaired) electrons. The predicted molar refractivity (Wildman–Crippen MR) is 71.6 cm³/mol. The van der Waals surface area contributed by atoms with Crippen LogP contribution in [0.25, 0.3) is 6.08 Å². The molecule has 2 rings (SSSR count). The van der Waals surface area contributed by atoms with Gasteiger partial charge >= 0.3 is 5.97 Å². The summed E-state index contributed by atoms with van der Waals surface area (Å²) in [5.41, 5.74) is 0.907. The molecule has 20 heavy (non-hydrogen) atoms. The molecule has 0 N–H and O–H groups in total. The van der Waals surface area contributed by atoms with Gasteiger partial charge < -0.3 is 14.2 Å². The summed E-state index contributed by atoms with van der Waals surface area (Å²) in [5, 5.41) is 0. The second-order valence-electron chi connectivity index (χ2n) is 4.49. The van der Waals surface area contributed by atoms with Gasteiger partial charge in [0.05, 0.1) is 6.10 Å². The van der Waals surface area contributed by atoms with Crippen molar-refractivity contribution in [3.05, 3.63) is 42.0 Å². The maximum absolute atomic E-state index is 13.3. The topological polar surface area (TPSA) is 44.8 Å². The minimum Gasteiger partial charge on any atom is -0.460 e. The molecule has 1 unspecified atom stereocenters. The van der Waals surface area contributed by atoms with Crippen LogP contribution in [-0.2, 0) is 19.0 Å². The van der Waals surface area contributed by atoms with Crippen molar-refractivity contribution >= 4 is 12.0 Å². The lowest BCUT2D eigenvalue weighted by Crippen LogP contribution is -2.20. The van der Waals surface area contributed by atoms with Gasteiger partial charge in [-0.3, -0.25) is 0 Å². The molecule has 0 spiro atoms. The summed E-state index contributed by atoms with van der Waals surface area (Å²) in [6.45, 7) is 0.0260. The third kappa shape index (κ3) is 4.15. The number of alkyl halides is 1. The van der Waals surface area contributed by atoms with Gasteiger partial charge in [-0.25, -0.2) is 9.18 Å². The summed E-state index contributed by atoms with van der Waals surface area (Å²) < 4.78 is 28.4. The molecule has 1 heterocycles. The van der Waals surface area contributed by atoms with Gasteiger partial charge in [0.15, 0.2) is 12.5 Å². The van der Waals surface area contributed by atoms with E-state index in [2.05, 4.69) is 0 Å². The average Bonchev–Trinajstić information content (AvgIpc) is 2.84. The van der Waals surface area contributed by atoms with Crippen LogP contribution >= 0.6 is 0 Å². The number of carbonyl (C=O) groups excluding carboxylic acids is 1. The zero-order chi connectivity index (χ0) is 14.4. The van der Waals surface area contributed by atoms with Gasteiger partial charge in [-0.05, 0) is 11.6 Å². The number of esters is 1. The number of methoxy groups -OCH3 is 1. The molecule has 1 aromatic carbocycles. The fourth-order valence-electron chi connectivity index (χ4n) is 1.95. The SMILES string of the molecule is COC1O[C@H](COC(=O)/C=C/c2ccccc2)C[C@@H]1F. The third-order valence-corrected chi connectivity index (χ3v) is 2.97. The van der Waals surface area contributed by atoms with Crippen molar-refractivity contribution in [1.29, 1.82) is 0 Å². The maximum Gasteiger partial charge on any atom is 0.330 e. The van der Waals surface area contributed by atoms with E-state index in [1.165, 1.54) is 13.2 Å². The molecule has 4 nitrogen and oxygen atoms in total. The fraction of sp³-hybridized carbons (Fsp3) is 0.400. The largest absolute Gasteiger partial charge is 0.460 e. The summed E-state index contributed by atoms with van der Waals surface area (Å²) >= 11 is 0. The Balaban J connectivity index is 1.75. The zero-order valence-electron chi connectivity index (χ0n) is 11.2. The molecule has 0 amide bonds. The monoisotopic (exact) mass is 280 g/mol. The first kappa shape index (κ1) is 14.7. The molecule has 5 heteroatoms. The maximum atomic E-state index is 13.3. The van der Waals surface area contributed by atoms with E-state index in [0.717, 1.165) is 5.56 Å². The summed E-state index contributed by atoms with van der Waals surface area (Å²) in [4.78, 5) is 11.5. The van der Waals surface area contributed by atoms with Crippen LogP contribution in [0.1, 0.15) is 12.0 Å². The molecule has 0 bridgehead atoms. The molecule has 1 saturated heterocycles. The van der Waals surface area contributed by atoms with Crippen LogP contribution in [0.3, 0.4) is 0 Å². The number of halogens is 1. The van der Waals surface area contributed by atoms with Crippen molar-refractivity contribution in [2.75, 3.05) is 13.7 Å². The van der Waals surface area contributed by atoms with E-state index in [1.807, 2.05) is 30.3 Å². The highest BCUT2D eigenvalue weighted by atomic mass is 19.1. The van der Waals surface area contributed by atoms with Gasteiger partial charge in [-0.15, -0.1) is 0 Å². The summed E-state index contributed by atoms with van der Waals surface area (Å²) in [6, 6.07) is 9.40. The molecule has 1 aliphatic heterocycles. The Morgan fingerprint density at radius 3 is 2.85 bits per heavy atom. The van der Waals surface area contributed by atoms with Crippen LogP contribution in [0.2, 0.25) is 0 Å². The molecule has 0 aliphatic carbocycles. The van der Waals surface area contributed by atoms with Crippen molar-refractivity contribution in [3.8, 4) is 0 Å². The van der Waals surface area contributed by atoms with Crippen molar-refractivity contribution < 1.29 is 23.4 Å². The highest BCUT2D eigenvalue weighted by Gasteiger charge is 2.35. The Morgan fingerprint density at radius 1 is 1.45 bits per heavy atom. The molecule has 0 aromatic heterocycles. The molecular weight excluding hydrogens is 263 g/mol. The van der Waals surface area contributed by atoms with Crippen molar-refractivity contribution in [2.45, 2.75) is 25.0 Å². The highest BCUT2D eigenvalue weighted by molar-refractivity contribution is 5.87. The molecule has 0 saturated carbocycles. The Hall–Kier alpha value is -1.72. The Bertz CT molecular complexity index is 460. The van der Waals surface area contributed by atoms with Gasteiger partial charge in [0.1, 0.15) is 6.61 Å². The Morgan fingerprint density at radius 2 is 2.20 bits per heavy atom. The van der Waals surface area contributed by atoms with E-state index in [-0.39, 0.29) is 13.0 Å². The quantitative estimate of drug-likeness (QED) is 0.613. The van der Waals surface area contributed by atoms with Crippen LogP contribution in [0.5, 0.6) is 0 Å². The first-order valence-electron chi connectivity index (χ1n) is 6.41. The lowest BCUT2D eigenvalue weighted by molar-refractivity contribution is -0.156. The van der Waals surface area contributed by atoms with Gasteiger partial charge in [-0.2, -0.15) is 0 Å². The molecule has 1 aliphatic rings. The smallest absolute Gasteiger partial charge is 0.330 e. The van der Waals surface area contributed by atoms with Crippen LogP contribution < -0.4 is 0 Å². The van der Waals surface area contributed by atoms with E-state index >= 15 is 0 Å². The van der Waals surface area contributed by atoms with Crippen molar-refractivity contribution in [3.63, 3.8) is 0 Å². The average molecular weight is 280 g/mol. The lowest BCUT2D eigenvalue weighted by Gasteiger charge is -2.11. The third-order valence-electron chi connectivity index (χ3n) is 2.97. The zero-order valence-corrected chi connectivity index (χ0v) is 11.2. The fourth-order valence-corrected chi connectivity index (χ4v) is 1.95. The van der Waals surface area contributed by atoms with E-state index in [1.54, 1.807) is 6.08 Å². The normalized spacial score (nSPS) is 26.0. The van der Waals surface area contributed by atoms with Gasteiger partial charge in [0, 0.05) is 19.6 Å². The van der Waals surface area contributed by atoms with Crippen molar-refractivity contribution in [2.24, 2.45) is 0 Å². The molecule has 1 fully saturated rings. The predicted octanol–water partition coefficient (Wildman–Crippen LogP) is 2.34. The number of ether oxygens (including phenoxy) is 3. The second kappa shape index (κ2) is 7.17. The van der Waals surface area contributed by atoms with Crippen LogP contribution in [0.4, 0.5) is 4.39 Å². The number of rotatable bonds is 5. The van der Waals surface area contributed by atoms with Gasteiger partial charge in [-0.1, -0.05) is 30.3 Å². The minimum absolute atomic E-state index is 0.0260. The number of hydrogen-bond donors (Lipinski definition) is 0. The van der Waals surface area contributed by atoms with Crippen LogP contribution in [0.15, 0.2) is 36.4 Å². The van der Waals surface area contributed by atoms with E-state index in [4.69, 9.17) is 14.2 Å². The molecule has 3 atom stereocenters. The van der Waals surface area contributed by atoms with Crippen LogP contribution in [-0.4, -0.2) is 38.3 Å². The Kier molecular flexibility index (Phi) is 5.26.